The van der Waals surface area contributed by atoms with Gasteiger partial charge in [0.25, 0.3) is 0 Å². The normalized spacial score (nSPS) is 17.0. The van der Waals surface area contributed by atoms with E-state index in [1.54, 1.807) is 11.3 Å². The minimum absolute atomic E-state index is 0.499. The van der Waals surface area contributed by atoms with Gasteiger partial charge in [-0.15, -0.1) is 11.3 Å². The van der Waals surface area contributed by atoms with Crippen LogP contribution in [-0.2, 0) is 13.0 Å². The molecule has 0 amide bonds. The molecule has 0 fully saturated rings. The highest BCUT2D eigenvalue weighted by Crippen LogP contribution is 2.37. The van der Waals surface area contributed by atoms with Crippen molar-refractivity contribution in [1.29, 1.82) is 0 Å². The molecule has 0 bridgehead atoms. The molecule has 0 saturated carbocycles. The SMILES string of the molecule is CCCNC1CCc2c(OCc3cc(Br)cs3)cccc21. The fourth-order valence-electron chi connectivity index (χ4n) is 2.87. The molecule has 0 saturated heterocycles. The number of hydrogen-bond donors (Lipinski definition) is 1. The summed E-state index contributed by atoms with van der Waals surface area (Å²) >= 11 is 5.22. The van der Waals surface area contributed by atoms with Crippen molar-refractivity contribution < 1.29 is 4.74 Å². The number of fused-ring (bicyclic) bond motifs is 1. The summed E-state index contributed by atoms with van der Waals surface area (Å²) in [5, 5.41) is 5.73. The molecule has 112 valence electrons. The molecule has 4 heteroatoms. The van der Waals surface area contributed by atoms with Crippen molar-refractivity contribution in [2.24, 2.45) is 0 Å². The van der Waals surface area contributed by atoms with E-state index in [1.807, 2.05) is 0 Å². The molecule has 1 aromatic heterocycles. The second-order valence-corrected chi connectivity index (χ2v) is 7.30. The smallest absolute Gasteiger partial charge is 0.123 e. The Labute approximate surface area is 138 Å². The van der Waals surface area contributed by atoms with Crippen molar-refractivity contribution in [2.45, 2.75) is 38.8 Å². The summed E-state index contributed by atoms with van der Waals surface area (Å²) in [6.07, 6.45) is 3.47. The minimum Gasteiger partial charge on any atom is -0.488 e. The van der Waals surface area contributed by atoms with E-state index >= 15 is 0 Å². The van der Waals surface area contributed by atoms with E-state index in [0.29, 0.717) is 12.6 Å². The lowest BCUT2D eigenvalue weighted by molar-refractivity contribution is 0.307. The third-order valence-electron chi connectivity index (χ3n) is 3.86. The maximum absolute atomic E-state index is 6.06. The van der Waals surface area contributed by atoms with Crippen LogP contribution in [0.1, 0.15) is 41.8 Å². The molecular formula is C17H20BrNOS. The van der Waals surface area contributed by atoms with Crippen LogP contribution in [0, 0.1) is 0 Å². The van der Waals surface area contributed by atoms with Gasteiger partial charge in [0, 0.05) is 20.8 Å². The Bertz CT molecular complexity index is 611. The molecule has 1 aromatic carbocycles. The molecule has 1 atom stereocenters. The second kappa shape index (κ2) is 6.95. The maximum atomic E-state index is 6.06. The van der Waals surface area contributed by atoms with E-state index in [1.165, 1.54) is 28.8 Å². The molecule has 0 radical (unpaired) electrons. The third-order valence-corrected chi connectivity index (χ3v) is 5.53. The molecule has 3 rings (SSSR count). The number of benzene rings is 1. The molecule has 0 aliphatic heterocycles. The molecule has 1 N–H and O–H groups in total. The molecule has 1 aliphatic carbocycles. The quantitative estimate of drug-likeness (QED) is 0.770. The van der Waals surface area contributed by atoms with E-state index in [9.17, 15) is 0 Å². The van der Waals surface area contributed by atoms with Crippen molar-refractivity contribution in [3.8, 4) is 5.75 Å². The predicted octanol–water partition coefficient (Wildman–Crippen LogP) is 5.08. The number of rotatable bonds is 6. The van der Waals surface area contributed by atoms with Gasteiger partial charge in [-0.05, 0) is 65.0 Å². The first kappa shape index (κ1) is 15.1. The molecule has 1 unspecified atom stereocenters. The van der Waals surface area contributed by atoms with Gasteiger partial charge < -0.3 is 10.1 Å². The average molecular weight is 366 g/mol. The topological polar surface area (TPSA) is 21.3 Å². The summed E-state index contributed by atoms with van der Waals surface area (Å²) in [7, 11) is 0. The monoisotopic (exact) mass is 365 g/mol. The predicted molar refractivity (Wildman–Crippen MR) is 92.1 cm³/mol. The molecule has 21 heavy (non-hydrogen) atoms. The molecular weight excluding hydrogens is 346 g/mol. The zero-order chi connectivity index (χ0) is 14.7. The Morgan fingerprint density at radius 2 is 2.33 bits per heavy atom. The highest BCUT2D eigenvalue weighted by molar-refractivity contribution is 9.10. The second-order valence-electron chi connectivity index (χ2n) is 5.39. The summed E-state index contributed by atoms with van der Waals surface area (Å²) in [4.78, 5) is 1.25. The van der Waals surface area contributed by atoms with Crippen LogP contribution in [0.15, 0.2) is 34.1 Å². The van der Waals surface area contributed by atoms with Crippen LogP contribution in [0.25, 0.3) is 0 Å². The van der Waals surface area contributed by atoms with Crippen molar-refractivity contribution in [3.63, 3.8) is 0 Å². The van der Waals surface area contributed by atoms with Gasteiger partial charge in [-0.2, -0.15) is 0 Å². The number of halogens is 1. The van der Waals surface area contributed by atoms with E-state index < -0.39 is 0 Å². The van der Waals surface area contributed by atoms with Crippen LogP contribution in [0.3, 0.4) is 0 Å². The Hall–Kier alpha value is -0.840. The van der Waals surface area contributed by atoms with Gasteiger partial charge in [0.1, 0.15) is 12.4 Å². The van der Waals surface area contributed by atoms with Gasteiger partial charge in [0.05, 0.1) is 0 Å². The zero-order valence-electron chi connectivity index (χ0n) is 12.2. The van der Waals surface area contributed by atoms with Gasteiger partial charge in [-0.1, -0.05) is 19.1 Å². The van der Waals surface area contributed by atoms with Crippen LogP contribution >= 0.6 is 27.3 Å². The van der Waals surface area contributed by atoms with Crippen LogP contribution < -0.4 is 10.1 Å². The molecule has 2 aromatic rings. The molecule has 1 heterocycles. The average Bonchev–Trinajstić information content (AvgIpc) is 3.09. The van der Waals surface area contributed by atoms with E-state index in [2.05, 4.69) is 57.8 Å². The number of thiophene rings is 1. The van der Waals surface area contributed by atoms with Crippen molar-refractivity contribution in [1.82, 2.24) is 5.32 Å². The molecule has 1 aliphatic rings. The van der Waals surface area contributed by atoms with Crippen molar-refractivity contribution in [2.75, 3.05) is 6.54 Å². The molecule has 0 spiro atoms. The van der Waals surface area contributed by atoms with Gasteiger partial charge in [0.2, 0.25) is 0 Å². The fourth-order valence-corrected chi connectivity index (χ4v) is 4.23. The third kappa shape index (κ3) is 3.50. The zero-order valence-corrected chi connectivity index (χ0v) is 14.6. The largest absolute Gasteiger partial charge is 0.488 e. The van der Waals surface area contributed by atoms with Crippen molar-refractivity contribution in [3.05, 3.63) is 50.1 Å². The lowest BCUT2D eigenvalue weighted by atomic mass is 10.1. The Kier molecular flexibility index (Phi) is 4.99. The van der Waals surface area contributed by atoms with Gasteiger partial charge >= 0.3 is 0 Å². The first-order chi connectivity index (χ1) is 10.3. The standard InChI is InChI=1S/C17H20BrNOS/c1-2-8-19-16-7-6-15-14(16)4-3-5-17(15)20-10-13-9-12(18)11-21-13/h3-5,9,11,16,19H,2,6-8,10H2,1H3. The van der Waals surface area contributed by atoms with E-state index in [4.69, 9.17) is 4.74 Å². The van der Waals surface area contributed by atoms with Gasteiger partial charge in [0.15, 0.2) is 0 Å². The summed E-state index contributed by atoms with van der Waals surface area (Å²) in [5.74, 6) is 1.05. The Morgan fingerprint density at radius 1 is 1.43 bits per heavy atom. The molecule has 2 nitrogen and oxygen atoms in total. The highest BCUT2D eigenvalue weighted by atomic mass is 79.9. The lowest BCUT2D eigenvalue weighted by Gasteiger charge is -2.14. The lowest BCUT2D eigenvalue weighted by Crippen LogP contribution is -2.19. The minimum atomic E-state index is 0.499. The van der Waals surface area contributed by atoms with Gasteiger partial charge in [-0.3, -0.25) is 0 Å². The van der Waals surface area contributed by atoms with Crippen LogP contribution in [0.2, 0.25) is 0 Å². The van der Waals surface area contributed by atoms with Crippen LogP contribution in [-0.4, -0.2) is 6.54 Å². The van der Waals surface area contributed by atoms with E-state index in [0.717, 1.165) is 23.2 Å². The first-order valence-electron chi connectivity index (χ1n) is 7.49. The number of nitrogens with one attached hydrogen (secondary N) is 1. The van der Waals surface area contributed by atoms with Crippen LogP contribution in [0.5, 0.6) is 5.75 Å². The van der Waals surface area contributed by atoms with Crippen LogP contribution in [0.4, 0.5) is 0 Å². The summed E-state index contributed by atoms with van der Waals surface area (Å²) < 4.78 is 7.20. The van der Waals surface area contributed by atoms with E-state index in [-0.39, 0.29) is 0 Å². The highest BCUT2D eigenvalue weighted by Gasteiger charge is 2.24. The number of ether oxygens (including phenoxy) is 1. The van der Waals surface area contributed by atoms with Crippen molar-refractivity contribution >= 4 is 27.3 Å². The summed E-state index contributed by atoms with van der Waals surface area (Å²) in [5.41, 5.74) is 2.81. The fraction of sp³-hybridized carbons (Fsp3) is 0.412. The first-order valence-corrected chi connectivity index (χ1v) is 9.16. The maximum Gasteiger partial charge on any atom is 0.123 e. The Morgan fingerprint density at radius 3 is 3.10 bits per heavy atom. The summed E-state index contributed by atoms with van der Waals surface area (Å²) in [6, 6.07) is 9.08. The Balaban J connectivity index is 1.71. The summed E-state index contributed by atoms with van der Waals surface area (Å²) in [6.45, 7) is 3.94. The van der Waals surface area contributed by atoms with Gasteiger partial charge in [-0.25, -0.2) is 0 Å². The number of hydrogen-bond acceptors (Lipinski definition) is 3.